The van der Waals surface area contributed by atoms with Crippen LogP contribution in [-0.2, 0) is 14.3 Å². The maximum atomic E-state index is 12.1. The average molecular weight is 357 g/mol. The molecule has 4 aliphatic rings. The molecule has 0 saturated heterocycles. The molecule has 1 aromatic rings. The maximum Gasteiger partial charge on any atom is 0.340 e. The van der Waals surface area contributed by atoms with Crippen LogP contribution in [-0.4, -0.2) is 30.1 Å². The van der Waals surface area contributed by atoms with Crippen LogP contribution in [0.3, 0.4) is 0 Å². The minimum Gasteiger partial charge on any atom is -0.453 e. The van der Waals surface area contributed by atoms with Crippen molar-refractivity contribution in [1.82, 2.24) is 5.32 Å². The van der Waals surface area contributed by atoms with Crippen molar-refractivity contribution in [2.24, 2.45) is 23.2 Å². The lowest BCUT2D eigenvalue weighted by molar-refractivity contribution is -0.157. The summed E-state index contributed by atoms with van der Waals surface area (Å²) in [6.07, 6.45) is 6.46. The molecule has 1 aromatic carbocycles. The van der Waals surface area contributed by atoms with E-state index >= 15 is 0 Å². The van der Waals surface area contributed by atoms with Gasteiger partial charge in [0.2, 0.25) is 0 Å². The van der Waals surface area contributed by atoms with Gasteiger partial charge in [-0.3, -0.25) is 4.79 Å². The van der Waals surface area contributed by atoms with Gasteiger partial charge in [0.15, 0.2) is 12.7 Å². The number of carbonyl (C=O) groups excluding carboxylic acids is 2. The Balaban J connectivity index is 1.24. The Bertz CT molecular complexity index is 637. The molecule has 4 saturated carbocycles. The number of carbonyl (C=O) groups is 2. The smallest absolute Gasteiger partial charge is 0.340 e. The van der Waals surface area contributed by atoms with E-state index in [1.807, 2.05) is 0 Å². The lowest BCUT2D eigenvalue weighted by atomic mass is 9.49. The summed E-state index contributed by atoms with van der Waals surface area (Å²) in [5.74, 6) is 1.46. The molecule has 26 heavy (non-hydrogen) atoms. The molecule has 0 unspecified atom stereocenters. The summed E-state index contributed by atoms with van der Waals surface area (Å²) >= 11 is 0. The Morgan fingerprint density at radius 3 is 2.23 bits per heavy atom. The Labute approximate surface area is 154 Å². The van der Waals surface area contributed by atoms with Gasteiger partial charge in [0.05, 0.1) is 0 Å². The number of ether oxygens (including phenoxy) is 1. The molecule has 1 atom stereocenters. The van der Waals surface area contributed by atoms with Crippen molar-refractivity contribution in [2.45, 2.75) is 44.6 Å². The molecule has 5 rings (SSSR count). The molecule has 4 aliphatic carbocycles. The van der Waals surface area contributed by atoms with E-state index in [1.165, 1.54) is 38.5 Å². The van der Waals surface area contributed by atoms with Crippen molar-refractivity contribution in [3.8, 4) is 0 Å². The third kappa shape index (κ3) is 3.63. The molecule has 4 fully saturated rings. The van der Waals surface area contributed by atoms with Crippen LogP contribution in [0, 0.1) is 23.2 Å². The number of aliphatic hydroxyl groups is 1. The summed E-state index contributed by atoms with van der Waals surface area (Å²) in [5.41, 5.74) is 0.726. The number of nitrogens with one attached hydrogen (secondary N) is 1. The molecule has 5 heteroatoms. The highest BCUT2D eigenvalue weighted by molar-refractivity contribution is 5.82. The highest BCUT2D eigenvalue weighted by Gasteiger charge is 2.50. The molecule has 140 valence electrons. The zero-order valence-corrected chi connectivity index (χ0v) is 15.0. The molecule has 0 heterocycles. The van der Waals surface area contributed by atoms with Gasteiger partial charge in [0, 0.05) is 6.54 Å². The van der Waals surface area contributed by atoms with Crippen molar-refractivity contribution >= 4 is 11.9 Å². The summed E-state index contributed by atoms with van der Waals surface area (Å²) in [7, 11) is 0. The lowest BCUT2D eigenvalue weighted by Crippen LogP contribution is -2.51. The minimum absolute atomic E-state index is 0.262. The fraction of sp³-hybridized carbons (Fsp3) is 0.619. The first-order valence-electron chi connectivity index (χ1n) is 9.69. The van der Waals surface area contributed by atoms with Gasteiger partial charge < -0.3 is 15.2 Å². The van der Waals surface area contributed by atoms with Crippen LogP contribution in [0.1, 0.15) is 50.2 Å². The number of rotatable bonds is 6. The molecule has 1 amide bonds. The molecular weight excluding hydrogens is 330 g/mol. The van der Waals surface area contributed by atoms with E-state index in [1.54, 1.807) is 30.3 Å². The van der Waals surface area contributed by atoms with Crippen molar-refractivity contribution < 1.29 is 19.4 Å². The third-order valence-corrected chi connectivity index (χ3v) is 6.51. The van der Waals surface area contributed by atoms with Gasteiger partial charge in [-0.05, 0) is 67.3 Å². The highest BCUT2D eigenvalue weighted by atomic mass is 16.5. The number of esters is 1. The Kier molecular flexibility index (Phi) is 4.74. The van der Waals surface area contributed by atoms with Gasteiger partial charge in [-0.1, -0.05) is 30.3 Å². The SMILES string of the molecule is O=C(COC(=O)[C@H](O)c1ccccc1)NCC12CC3CC(CC(C3)C1)C2. The van der Waals surface area contributed by atoms with Crippen LogP contribution in [0.25, 0.3) is 0 Å². The monoisotopic (exact) mass is 357 g/mol. The van der Waals surface area contributed by atoms with Gasteiger partial charge in [-0.2, -0.15) is 0 Å². The molecule has 5 nitrogen and oxygen atoms in total. The van der Waals surface area contributed by atoms with E-state index in [9.17, 15) is 14.7 Å². The molecule has 0 aliphatic heterocycles. The van der Waals surface area contributed by atoms with Crippen molar-refractivity contribution in [3.63, 3.8) is 0 Å². The fourth-order valence-corrected chi connectivity index (χ4v) is 5.83. The number of hydrogen-bond acceptors (Lipinski definition) is 4. The van der Waals surface area contributed by atoms with E-state index in [0.29, 0.717) is 12.1 Å². The first-order valence-corrected chi connectivity index (χ1v) is 9.69. The molecule has 2 N–H and O–H groups in total. The second kappa shape index (κ2) is 7.03. The fourth-order valence-electron chi connectivity index (χ4n) is 5.83. The maximum absolute atomic E-state index is 12.1. The van der Waals surface area contributed by atoms with E-state index in [0.717, 1.165) is 17.8 Å². The topological polar surface area (TPSA) is 75.6 Å². The van der Waals surface area contributed by atoms with Crippen LogP contribution in [0.4, 0.5) is 0 Å². The number of aliphatic hydroxyl groups excluding tert-OH is 1. The van der Waals surface area contributed by atoms with Gasteiger partial charge in [-0.15, -0.1) is 0 Å². The number of amides is 1. The van der Waals surface area contributed by atoms with Crippen LogP contribution in [0.15, 0.2) is 30.3 Å². The summed E-state index contributed by atoms with van der Waals surface area (Å²) in [6.45, 7) is 0.350. The van der Waals surface area contributed by atoms with E-state index in [-0.39, 0.29) is 17.9 Å². The number of benzene rings is 1. The Hall–Kier alpha value is -1.88. The quantitative estimate of drug-likeness (QED) is 0.768. The van der Waals surface area contributed by atoms with Crippen molar-refractivity contribution in [1.29, 1.82) is 0 Å². The van der Waals surface area contributed by atoms with Crippen LogP contribution < -0.4 is 5.32 Å². The number of hydrogen-bond donors (Lipinski definition) is 2. The second-order valence-electron chi connectivity index (χ2n) is 8.62. The van der Waals surface area contributed by atoms with Crippen molar-refractivity contribution in [2.75, 3.05) is 13.2 Å². The van der Waals surface area contributed by atoms with Crippen LogP contribution in [0.5, 0.6) is 0 Å². The summed E-state index contributed by atoms with van der Waals surface area (Å²) < 4.78 is 4.99. The summed E-state index contributed by atoms with van der Waals surface area (Å²) in [5, 5.41) is 13.0. The predicted molar refractivity (Wildman–Crippen MR) is 96.0 cm³/mol. The predicted octanol–water partition coefficient (Wildman–Crippen LogP) is 2.60. The Morgan fingerprint density at radius 1 is 1.08 bits per heavy atom. The largest absolute Gasteiger partial charge is 0.453 e. The highest BCUT2D eigenvalue weighted by Crippen LogP contribution is 2.59. The minimum atomic E-state index is -1.35. The molecular formula is C21H27NO4. The van der Waals surface area contributed by atoms with Gasteiger partial charge in [-0.25, -0.2) is 4.79 Å². The normalized spacial score (nSPS) is 32.9. The summed E-state index contributed by atoms with van der Waals surface area (Å²) in [6, 6.07) is 8.59. The second-order valence-corrected chi connectivity index (χ2v) is 8.62. The first kappa shape index (κ1) is 17.5. The zero-order chi connectivity index (χ0) is 18.1. The van der Waals surface area contributed by atoms with Crippen LogP contribution >= 0.6 is 0 Å². The van der Waals surface area contributed by atoms with Gasteiger partial charge in [0.1, 0.15) is 0 Å². The van der Waals surface area contributed by atoms with Gasteiger partial charge >= 0.3 is 5.97 Å². The first-order chi connectivity index (χ1) is 12.5. The molecule has 0 spiro atoms. The Morgan fingerprint density at radius 2 is 1.65 bits per heavy atom. The molecule has 0 aromatic heterocycles. The molecule has 4 bridgehead atoms. The van der Waals surface area contributed by atoms with Crippen LogP contribution in [0.2, 0.25) is 0 Å². The zero-order valence-electron chi connectivity index (χ0n) is 15.0. The standard InChI is InChI=1S/C21H27NO4/c23-18(12-26-20(25)19(24)17-4-2-1-3-5-17)22-13-21-9-14-6-15(10-21)8-16(7-14)11-21/h1-5,14-16,19,24H,6-13H2,(H,22,23)/t14?,15?,16?,19-,21?/m1/s1. The average Bonchev–Trinajstić information content (AvgIpc) is 2.63. The van der Waals surface area contributed by atoms with E-state index < -0.39 is 12.1 Å². The van der Waals surface area contributed by atoms with Gasteiger partial charge in [0.25, 0.3) is 5.91 Å². The summed E-state index contributed by atoms with van der Waals surface area (Å²) in [4.78, 5) is 24.1. The lowest BCUT2D eigenvalue weighted by Gasteiger charge is -2.56. The third-order valence-electron chi connectivity index (χ3n) is 6.51. The van der Waals surface area contributed by atoms with Crippen molar-refractivity contribution in [3.05, 3.63) is 35.9 Å². The van der Waals surface area contributed by atoms with E-state index in [2.05, 4.69) is 5.32 Å². The van der Waals surface area contributed by atoms with E-state index in [4.69, 9.17) is 4.74 Å². The molecule has 0 radical (unpaired) electrons.